The molecule has 0 saturated carbocycles. The molecule has 13 heavy (non-hydrogen) atoms. The van der Waals surface area contributed by atoms with Crippen LogP contribution in [0, 0.1) is 13.8 Å². The second kappa shape index (κ2) is 4.09. The van der Waals surface area contributed by atoms with Crippen LogP contribution >= 0.6 is 15.9 Å². The topological polar surface area (TPSA) is 17.8 Å². The molecule has 1 heterocycles. The number of hydrogen-bond acceptors (Lipinski definition) is 1. The van der Waals surface area contributed by atoms with Gasteiger partial charge < -0.3 is 0 Å². The standard InChI is InChI=1S/C10H15BrN2/c1-5-10-8(3)12-13(9(10)4)6-7(2)11/h2,5-6H2,1,3-4H3. The fourth-order valence-electron chi connectivity index (χ4n) is 1.56. The van der Waals surface area contributed by atoms with Gasteiger partial charge in [0.2, 0.25) is 0 Å². The molecule has 1 rings (SSSR count). The number of aryl methyl sites for hydroxylation is 1. The lowest BCUT2D eigenvalue weighted by Gasteiger charge is -2.02. The van der Waals surface area contributed by atoms with Crippen LogP contribution in [-0.4, -0.2) is 9.78 Å². The zero-order chi connectivity index (χ0) is 10.0. The third kappa shape index (κ3) is 2.21. The first kappa shape index (κ1) is 10.5. The van der Waals surface area contributed by atoms with E-state index in [4.69, 9.17) is 0 Å². The Labute approximate surface area is 87.8 Å². The fraction of sp³-hybridized carbons (Fsp3) is 0.500. The molecule has 0 aliphatic heterocycles. The van der Waals surface area contributed by atoms with Crippen molar-refractivity contribution >= 4 is 15.9 Å². The highest BCUT2D eigenvalue weighted by Crippen LogP contribution is 2.15. The van der Waals surface area contributed by atoms with Crippen molar-refractivity contribution in [3.05, 3.63) is 28.0 Å². The Morgan fingerprint density at radius 2 is 2.15 bits per heavy atom. The van der Waals surface area contributed by atoms with Crippen LogP contribution in [0.3, 0.4) is 0 Å². The van der Waals surface area contributed by atoms with E-state index in [1.54, 1.807) is 0 Å². The van der Waals surface area contributed by atoms with Crippen LogP contribution in [0.25, 0.3) is 0 Å². The van der Waals surface area contributed by atoms with E-state index in [9.17, 15) is 0 Å². The highest BCUT2D eigenvalue weighted by Gasteiger charge is 2.08. The van der Waals surface area contributed by atoms with Crippen molar-refractivity contribution in [3.8, 4) is 0 Å². The van der Waals surface area contributed by atoms with Crippen LogP contribution in [0.2, 0.25) is 0 Å². The normalized spacial score (nSPS) is 10.5. The molecule has 0 bridgehead atoms. The van der Waals surface area contributed by atoms with Gasteiger partial charge in [-0.1, -0.05) is 29.4 Å². The number of hydrogen-bond donors (Lipinski definition) is 0. The Hall–Kier alpha value is -0.570. The molecule has 1 aromatic heterocycles. The minimum Gasteiger partial charge on any atom is -0.264 e. The first-order valence-corrected chi connectivity index (χ1v) is 5.21. The summed E-state index contributed by atoms with van der Waals surface area (Å²) in [5, 5.41) is 4.45. The Morgan fingerprint density at radius 1 is 1.54 bits per heavy atom. The van der Waals surface area contributed by atoms with Crippen LogP contribution in [-0.2, 0) is 13.0 Å². The second-order valence-electron chi connectivity index (χ2n) is 3.18. The summed E-state index contributed by atoms with van der Waals surface area (Å²) >= 11 is 3.35. The third-order valence-electron chi connectivity index (χ3n) is 2.21. The van der Waals surface area contributed by atoms with E-state index < -0.39 is 0 Å². The average Bonchev–Trinajstić information content (AvgIpc) is 2.26. The summed E-state index contributed by atoms with van der Waals surface area (Å²) in [6, 6.07) is 0. The van der Waals surface area contributed by atoms with E-state index in [0.717, 1.165) is 23.1 Å². The van der Waals surface area contributed by atoms with Crippen molar-refractivity contribution in [1.29, 1.82) is 0 Å². The van der Waals surface area contributed by atoms with Gasteiger partial charge in [0.25, 0.3) is 0 Å². The molecule has 72 valence electrons. The monoisotopic (exact) mass is 242 g/mol. The molecule has 0 radical (unpaired) electrons. The van der Waals surface area contributed by atoms with Gasteiger partial charge in [0.05, 0.1) is 12.2 Å². The van der Waals surface area contributed by atoms with E-state index in [2.05, 4.69) is 48.4 Å². The maximum absolute atomic E-state index is 4.45. The van der Waals surface area contributed by atoms with Crippen molar-refractivity contribution in [1.82, 2.24) is 9.78 Å². The van der Waals surface area contributed by atoms with Crippen molar-refractivity contribution in [3.63, 3.8) is 0 Å². The Balaban J connectivity index is 3.03. The summed E-state index contributed by atoms with van der Waals surface area (Å²) in [7, 11) is 0. The largest absolute Gasteiger partial charge is 0.264 e. The van der Waals surface area contributed by atoms with E-state index in [0.29, 0.717) is 0 Å². The molecule has 0 amide bonds. The van der Waals surface area contributed by atoms with E-state index in [1.165, 1.54) is 11.3 Å². The molecule has 0 aromatic carbocycles. The maximum atomic E-state index is 4.45. The minimum absolute atomic E-state index is 0.757. The Bertz CT molecular complexity index is 326. The van der Waals surface area contributed by atoms with Gasteiger partial charge >= 0.3 is 0 Å². The molecule has 2 nitrogen and oxygen atoms in total. The van der Waals surface area contributed by atoms with Gasteiger partial charge in [-0.15, -0.1) is 0 Å². The quantitative estimate of drug-likeness (QED) is 0.798. The number of aromatic nitrogens is 2. The number of halogens is 1. The highest BCUT2D eigenvalue weighted by molar-refractivity contribution is 9.11. The maximum Gasteiger partial charge on any atom is 0.0721 e. The van der Waals surface area contributed by atoms with Crippen LogP contribution in [0.15, 0.2) is 11.1 Å². The highest BCUT2D eigenvalue weighted by atomic mass is 79.9. The van der Waals surface area contributed by atoms with E-state index in [1.807, 2.05) is 4.68 Å². The summed E-state index contributed by atoms with van der Waals surface area (Å²) in [5.74, 6) is 0. The second-order valence-corrected chi connectivity index (χ2v) is 4.30. The lowest BCUT2D eigenvalue weighted by atomic mass is 10.1. The third-order valence-corrected chi connectivity index (χ3v) is 2.46. The summed E-state index contributed by atoms with van der Waals surface area (Å²) in [6.45, 7) is 10.9. The molecule has 1 aromatic rings. The molecule has 0 aliphatic rings. The van der Waals surface area contributed by atoms with Crippen LogP contribution in [0.1, 0.15) is 23.9 Å². The van der Waals surface area contributed by atoms with E-state index in [-0.39, 0.29) is 0 Å². The average molecular weight is 243 g/mol. The first-order valence-electron chi connectivity index (χ1n) is 4.42. The number of rotatable bonds is 3. The van der Waals surface area contributed by atoms with Crippen LogP contribution < -0.4 is 0 Å². The van der Waals surface area contributed by atoms with Crippen molar-refractivity contribution < 1.29 is 0 Å². The van der Waals surface area contributed by atoms with Gasteiger partial charge in [-0.3, -0.25) is 4.68 Å². The molecule has 0 atom stereocenters. The summed E-state index contributed by atoms with van der Waals surface area (Å²) in [5.41, 5.74) is 3.74. The summed E-state index contributed by atoms with van der Waals surface area (Å²) < 4.78 is 2.95. The molecule has 0 unspecified atom stereocenters. The van der Waals surface area contributed by atoms with Crippen LogP contribution in [0.5, 0.6) is 0 Å². The Kier molecular flexibility index (Phi) is 3.31. The van der Waals surface area contributed by atoms with Gasteiger partial charge in [0.1, 0.15) is 0 Å². The van der Waals surface area contributed by atoms with Crippen LogP contribution in [0.4, 0.5) is 0 Å². The first-order chi connectivity index (χ1) is 6.06. The molecule has 0 aliphatic carbocycles. The SMILES string of the molecule is C=C(Br)Cn1nc(C)c(CC)c1C. The van der Waals surface area contributed by atoms with Gasteiger partial charge in [0, 0.05) is 10.2 Å². The molecule has 0 N–H and O–H groups in total. The Morgan fingerprint density at radius 3 is 2.54 bits per heavy atom. The fourth-order valence-corrected chi connectivity index (χ4v) is 1.80. The van der Waals surface area contributed by atoms with Crippen molar-refractivity contribution in [2.75, 3.05) is 0 Å². The zero-order valence-corrected chi connectivity index (χ0v) is 9.98. The predicted octanol–water partition coefficient (Wildman–Crippen LogP) is 2.97. The molecular formula is C10H15BrN2. The van der Waals surface area contributed by atoms with Gasteiger partial charge in [0.15, 0.2) is 0 Å². The van der Waals surface area contributed by atoms with E-state index >= 15 is 0 Å². The molecule has 0 spiro atoms. The number of nitrogens with zero attached hydrogens (tertiary/aromatic N) is 2. The van der Waals surface area contributed by atoms with Crippen molar-refractivity contribution in [2.24, 2.45) is 0 Å². The predicted molar refractivity (Wildman–Crippen MR) is 59.1 cm³/mol. The minimum atomic E-state index is 0.757. The molecular weight excluding hydrogens is 228 g/mol. The molecule has 0 saturated heterocycles. The zero-order valence-electron chi connectivity index (χ0n) is 8.39. The van der Waals surface area contributed by atoms with Crippen molar-refractivity contribution in [2.45, 2.75) is 33.7 Å². The lowest BCUT2D eigenvalue weighted by Crippen LogP contribution is -2.02. The van der Waals surface area contributed by atoms with Gasteiger partial charge in [-0.2, -0.15) is 5.10 Å². The molecule has 0 fully saturated rings. The van der Waals surface area contributed by atoms with Gasteiger partial charge in [-0.25, -0.2) is 0 Å². The summed E-state index contributed by atoms with van der Waals surface area (Å²) in [4.78, 5) is 0. The summed E-state index contributed by atoms with van der Waals surface area (Å²) in [6.07, 6.45) is 1.05. The van der Waals surface area contributed by atoms with Gasteiger partial charge in [-0.05, 0) is 25.8 Å². The number of allylic oxidation sites excluding steroid dienone is 1. The lowest BCUT2D eigenvalue weighted by molar-refractivity contribution is 0.668. The molecule has 3 heteroatoms. The smallest absolute Gasteiger partial charge is 0.0721 e.